The lowest BCUT2D eigenvalue weighted by Gasteiger charge is -2.19. The number of hydrazine groups is 1. The number of nitrogens with one attached hydrogen (secondary N) is 2. The van der Waals surface area contributed by atoms with E-state index in [0.29, 0.717) is 6.42 Å². The smallest absolute Gasteiger partial charge is 0.300 e. The van der Waals surface area contributed by atoms with Gasteiger partial charge in [0.15, 0.2) is 0 Å². The summed E-state index contributed by atoms with van der Waals surface area (Å²) in [6.07, 6.45) is 0.342. The molecule has 1 atom stereocenters. The fourth-order valence-electron chi connectivity index (χ4n) is 2.02. The third-order valence-corrected chi connectivity index (χ3v) is 3.04. The van der Waals surface area contributed by atoms with Crippen molar-refractivity contribution in [3.05, 3.63) is 32.4 Å². The second-order valence-corrected chi connectivity index (χ2v) is 5.27. The highest BCUT2D eigenvalue weighted by atomic mass is 16.6. The van der Waals surface area contributed by atoms with Crippen LogP contribution in [-0.2, 0) is 4.79 Å². The third-order valence-electron chi connectivity index (χ3n) is 3.04. The van der Waals surface area contributed by atoms with Gasteiger partial charge in [-0.25, -0.2) is 0 Å². The zero-order valence-corrected chi connectivity index (χ0v) is 12.6. The number of nitro groups is 2. The normalized spacial score (nSPS) is 11.8. The zero-order chi connectivity index (χ0) is 17.7. The Morgan fingerprint density at radius 3 is 2.09 bits per heavy atom. The van der Waals surface area contributed by atoms with Crippen molar-refractivity contribution in [3.8, 4) is 0 Å². The number of amides is 1. The van der Waals surface area contributed by atoms with Gasteiger partial charge in [-0.3, -0.25) is 30.9 Å². The summed E-state index contributed by atoms with van der Waals surface area (Å²) in [6.45, 7) is 3.71. The van der Waals surface area contributed by atoms with Gasteiger partial charge in [-0.1, -0.05) is 13.8 Å². The monoisotopic (exact) mass is 326 g/mol. The van der Waals surface area contributed by atoms with Crippen molar-refractivity contribution in [2.75, 3.05) is 10.7 Å². The van der Waals surface area contributed by atoms with Gasteiger partial charge in [0.25, 0.3) is 5.69 Å². The van der Waals surface area contributed by atoms with Gasteiger partial charge in [-0.2, -0.15) is 0 Å². The highest BCUT2D eigenvalue weighted by Crippen LogP contribution is 2.36. The van der Waals surface area contributed by atoms with E-state index in [9.17, 15) is 25.0 Å². The molecule has 0 aromatic heterocycles. The van der Waals surface area contributed by atoms with Gasteiger partial charge in [0, 0.05) is 0 Å². The lowest BCUT2D eigenvalue weighted by atomic mass is 10.0. The van der Waals surface area contributed by atoms with Crippen LogP contribution in [0.5, 0.6) is 0 Å². The molecule has 0 aliphatic rings. The van der Waals surface area contributed by atoms with Crippen LogP contribution >= 0.6 is 0 Å². The molecule has 0 radical (unpaired) electrons. The molecule has 0 spiro atoms. The number of anilines is 2. The van der Waals surface area contributed by atoms with Crippen LogP contribution in [0.2, 0.25) is 0 Å². The lowest BCUT2D eigenvalue weighted by Crippen LogP contribution is -2.36. The van der Waals surface area contributed by atoms with Gasteiger partial charge in [-0.05, 0) is 18.4 Å². The van der Waals surface area contributed by atoms with Crippen molar-refractivity contribution in [2.45, 2.75) is 26.3 Å². The van der Waals surface area contributed by atoms with Crippen LogP contribution in [-0.4, -0.2) is 21.8 Å². The molecular weight excluding hydrogens is 308 g/mol. The first-order valence-corrected chi connectivity index (χ1v) is 6.66. The first-order chi connectivity index (χ1) is 10.7. The molecule has 11 nitrogen and oxygen atoms in total. The highest BCUT2D eigenvalue weighted by molar-refractivity contribution is 5.85. The summed E-state index contributed by atoms with van der Waals surface area (Å²) in [7, 11) is 0. The summed E-state index contributed by atoms with van der Waals surface area (Å²) in [6, 6.07) is 1.01. The Bertz CT molecular complexity index is 633. The van der Waals surface area contributed by atoms with Crippen molar-refractivity contribution in [1.29, 1.82) is 0 Å². The topological polar surface area (TPSA) is 179 Å². The van der Waals surface area contributed by atoms with Crippen molar-refractivity contribution in [3.63, 3.8) is 0 Å². The second kappa shape index (κ2) is 7.35. The van der Waals surface area contributed by atoms with Gasteiger partial charge in [0.05, 0.1) is 15.9 Å². The molecule has 1 amide bonds. The van der Waals surface area contributed by atoms with Crippen LogP contribution in [0.1, 0.15) is 20.3 Å². The molecule has 0 heterocycles. The van der Waals surface area contributed by atoms with Crippen molar-refractivity contribution in [2.24, 2.45) is 17.5 Å². The van der Waals surface area contributed by atoms with Gasteiger partial charge in [0.1, 0.15) is 17.4 Å². The maximum atomic E-state index is 11.5. The van der Waals surface area contributed by atoms with Gasteiger partial charge >= 0.3 is 5.69 Å². The molecule has 0 bridgehead atoms. The summed E-state index contributed by atoms with van der Waals surface area (Å²) in [4.78, 5) is 32.0. The van der Waals surface area contributed by atoms with Crippen LogP contribution in [0.4, 0.5) is 22.7 Å². The molecule has 0 aliphatic heterocycles. The van der Waals surface area contributed by atoms with Crippen molar-refractivity contribution >= 4 is 28.7 Å². The SMILES string of the molecule is CC(C)C[C@H](Nc1cc(NN)c([N+](=O)[O-])cc1[N+](=O)[O-])C(N)=O. The molecule has 1 aromatic rings. The summed E-state index contributed by atoms with van der Waals surface area (Å²) < 4.78 is 0. The Kier molecular flexibility index (Phi) is 5.79. The Labute approximate surface area is 131 Å². The first kappa shape index (κ1) is 18.1. The minimum Gasteiger partial charge on any atom is -0.368 e. The van der Waals surface area contributed by atoms with Crippen LogP contribution in [0.15, 0.2) is 12.1 Å². The fourth-order valence-corrected chi connectivity index (χ4v) is 2.02. The van der Waals surface area contributed by atoms with E-state index in [2.05, 4.69) is 10.7 Å². The number of primary amides is 1. The maximum Gasteiger partial charge on any atom is 0.300 e. The Morgan fingerprint density at radius 1 is 1.17 bits per heavy atom. The van der Waals surface area contributed by atoms with E-state index in [4.69, 9.17) is 11.6 Å². The molecule has 0 aliphatic carbocycles. The van der Waals surface area contributed by atoms with E-state index in [1.165, 1.54) is 0 Å². The molecule has 126 valence electrons. The van der Waals surface area contributed by atoms with E-state index in [0.717, 1.165) is 12.1 Å². The number of hydrogen-bond donors (Lipinski definition) is 4. The quantitative estimate of drug-likeness (QED) is 0.311. The van der Waals surface area contributed by atoms with Crippen LogP contribution < -0.4 is 22.3 Å². The predicted octanol–water partition coefficient (Wildman–Crippen LogP) is 1.10. The summed E-state index contributed by atoms with van der Waals surface area (Å²) in [5.74, 6) is 4.63. The van der Waals surface area contributed by atoms with E-state index in [1.54, 1.807) is 0 Å². The number of rotatable bonds is 8. The number of benzene rings is 1. The minimum absolute atomic E-state index is 0.0852. The summed E-state index contributed by atoms with van der Waals surface area (Å²) in [5, 5.41) is 24.7. The average molecular weight is 326 g/mol. The molecule has 0 unspecified atom stereocenters. The second-order valence-electron chi connectivity index (χ2n) is 5.27. The number of hydrogen-bond acceptors (Lipinski definition) is 8. The van der Waals surface area contributed by atoms with E-state index >= 15 is 0 Å². The van der Waals surface area contributed by atoms with Crippen molar-refractivity contribution < 1.29 is 14.6 Å². The summed E-state index contributed by atoms with van der Waals surface area (Å²) >= 11 is 0. The van der Waals surface area contributed by atoms with Gasteiger partial charge in [0.2, 0.25) is 5.91 Å². The molecular formula is C12H18N6O5. The van der Waals surface area contributed by atoms with Crippen molar-refractivity contribution in [1.82, 2.24) is 0 Å². The fraction of sp³-hybridized carbons (Fsp3) is 0.417. The largest absolute Gasteiger partial charge is 0.368 e. The Morgan fingerprint density at radius 2 is 1.70 bits per heavy atom. The molecule has 0 saturated carbocycles. The first-order valence-electron chi connectivity index (χ1n) is 6.66. The van der Waals surface area contributed by atoms with Crippen LogP contribution in [0.3, 0.4) is 0 Å². The van der Waals surface area contributed by atoms with Gasteiger partial charge < -0.3 is 16.5 Å². The highest BCUT2D eigenvalue weighted by Gasteiger charge is 2.27. The van der Waals surface area contributed by atoms with E-state index in [1.807, 2.05) is 13.8 Å². The zero-order valence-electron chi connectivity index (χ0n) is 12.6. The number of carbonyl (C=O) groups excluding carboxylic acids is 1. The van der Waals surface area contributed by atoms with Crippen LogP contribution in [0, 0.1) is 26.1 Å². The standard InChI is InChI=1S/C12H18N6O5/c1-6(2)3-9(12(13)19)15-7-4-8(16-14)11(18(22)23)5-10(7)17(20)21/h4-6,9,15-16H,3,14H2,1-2H3,(H2,13,19)/t9-/m0/s1. The van der Waals surface area contributed by atoms with E-state index < -0.39 is 33.2 Å². The minimum atomic E-state index is -0.860. The number of carbonyl (C=O) groups is 1. The van der Waals surface area contributed by atoms with Crippen LogP contribution in [0.25, 0.3) is 0 Å². The average Bonchev–Trinajstić information content (AvgIpc) is 2.44. The number of nitrogens with two attached hydrogens (primary N) is 2. The van der Waals surface area contributed by atoms with E-state index in [-0.39, 0.29) is 17.3 Å². The molecule has 23 heavy (non-hydrogen) atoms. The molecule has 6 N–H and O–H groups in total. The molecule has 1 aromatic carbocycles. The summed E-state index contributed by atoms with van der Waals surface area (Å²) in [5.41, 5.74) is 6.08. The molecule has 1 rings (SSSR count). The van der Waals surface area contributed by atoms with Gasteiger partial charge in [-0.15, -0.1) is 0 Å². The molecule has 11 heteroatoms. The third kappa shape index (κ3) is 4.51. The Hall–Kier alpha value is -2.95. The number of nitrogen functional groups attached to an aromatic ring is 1. The number of nitro benzene ring substituents is 2. The number of nitrogens with zero attached hydrogens (tertiary/aromatic N) is 2. The Balaban J connectivity index is 3.35. The molecule has 0 saturated heterocycles. The predicted molar refractivity (Wildman–Crippen MR) is 83.6 cm³/mol. The lowest BCUT2D eigenvalue weighted by molar-refractivity contribution is -0.393. The molecule has 0 fully saturated rings. The maximum absolute atomic E-state index is 11.5.